The molecule has 6 nitrogen and oxygen atoms in total. The van der Waals surface area contributed by atoms with Gasteiger partial charge in [0, 0.05) is 16.5 Å². The second-order valence-corrected chi connectivity index (χ2v) is 6.72. The Labute approximate surface area is 152 Å². The summed E-state index contributed by atoms with van der Waals surface area (Å²) in [6.45, 7) is 1.60. The third-order valence-electron chi connectivity index (χ3n) is 4.26. The van der Waals surface area contributed by atoms with Gasteiger partial charge in [-0.05, 0) is 19.1 Å². The molecule has 0 fully saturated rings. The molecule has 3 heterocycles. The maximum atomic E-state index is 13.3. The van der Waals surface area contributed by atoms with E-state index in [-0.39, 0.29) is 5.56 Å². The van der Waals surface area contributed by atoms with Gasteiger partial charge in [0.1, 0.15) is 22.5 Å². The Bertz CT molecular complexity index is 1140. The van der Waals surface area contributed by atoms with E-state index in [1.165, 1.54) is 15.9 Å². The lowest BCUT2D eigenvalue weighted by Crippen LogP contribution is -2.33. The molecule has 130 valence electrons. The van der Waals surface area contributed by atoms with Crippen LogP contribution in [0.15, 0.2) is 63.3 Å². The van der Waals surface area contributed by atoms with Gasteiger partial charge in [-0.1, -0.05) is 30.3 Å². The molecule has 1 aromatic carbocycles. The minimum Gasteiger partial charge on any atom is -0.464 e. The van der Waals surface area contributed by atoms with E-state index in [1.54, 1.807) is 25.3 Å². The summed E-state index contributed by atoms with van der Waals surface area (Å²) in [6, 6.07) is 12.0. The van der Waals surface area contributed by atoms with Crippen LogP contribution in [0.1, 0.15) is 13.0 Å². The smallest absolute Gasteiger partial charge is 0.264 e. The molecule has 0 saturated carbocycles. The van der Waals surface area contributed by atoms with Crippen molar-refractivity contribution >= 4 is 27.5 Å². The molecule has 4 aromatic rings. The molecule has 2 N–H and O–H groups in total. The largest absolute Gasteiger partial charge is 0.464 e. The maximum Gasteiger partial charge on any atom is 0.264 e. The molecule has 1 unspecified atom stereocenters. The fourth-order valence-corrected chi connectivity index (χ4v) is 3.81. The molecule has 0 saturated heterocycles. The first-order valence-corrected chi connectivity index (χ1v) is 8.88. The number of nitrogens with zero attached hydrogens (tertiary/aromatic N) is 2. The topological polar surface area (TPSA) is 91.1 Å². The van der Waals surface area contributed by atoms with Crippen LogP contribution < -0.4 is 11.3 Å². The van der Waals surface area contributed by atoms with Crippen molar-refractivity contribution in [2.75, 3.05) is 0 Å². The molecule has 0 aliphatic carbocycles. The Morgan fingerprint density at radius 2 is 2.00 bits per heavy atom. The van der Waals surface area contributed by atoms with Crippen molar-refractivity contribution in [2.24, 2.45) is 5.73 Å². The number of amides is 1. The molecule has 0 aliphatic rings. The summed E-state index contributed by atoms with van der Waals surface area (Å²) >= 11 is 1.36. The van der Waals surface area contributed by atoms with Crippen molar-refractivity contribution in [1.29, 1.82) is 0 Å². The number of furan rings is 1. The van der Waals surface area contributed by atoms with E-state index in [1.807, 2.05) is 35.7 Å². The summed E-state index contributed by atoms with van der Waals surface area (Å²) in [4.78, 5) is 30.4. The Hall–Kier alpha value is -3.19. The number of rotatable bonds is 4. The minimum absolute atomic E-state index is 0.312. The Kier molecular flexibility index (Phi) is 3.93. The van der Waals surface area contributed by atoms with E-state index in [4.69, 9.17) is 10.2 Å². The zero-order valence-corrected chi connectivity index (χ0v) is 14.7. The lowest BCUT2D eigenvalue weighted by Gasteiger charge is -2.17. The van der Waals surface area contributed by atoms with Crippen LogP contribution in [0.3, 0.4) is 0 Å². The molecule has 1 amide bonds. The van der Waals surface area contributed by atoms with Crippen molar-refractivity contribution in [3.05, 3.63) is 64.5 Å². The van der Waals surface area contributed by atoms with Gasteiger partial charge in [-0.15, -0.1) is 11.3 Å². The standard InChI is InChI=1S/C19H15N3O3S/c1-11(16(20)23)22-17(12-6-3-2-4-7-12)21-18-15(19(22)24)13(10-26-18)14-8-5-9-25-14/h2-11H,1H3,(H2,20,23). The number of nitrogens with two attached hydrogens (primary N) is 1. The summed E-state index contributed by atoms with van der Waals surface area (Å²) in [6.07, 6.45) is 1.55. The molecular formula is C19H15N3O3S. The molecule has 4 rings (SSSR count). The predicted molar refractivity (Wildman–Crippen MR) is 101 cm³/mol. The fraction of sp³-hybridized carbons (Fsp3) is 0.105. The second-order valence-electron chi connectivity index (χ2n) is 5.86. The molecule has 3 aromatic heterocycles. The molecule has 7 heteroatoms. The van der Waals surface area contributed by atoms with Crippen molar-refractivity contribution in [3.63, 3.8) is 0 Å². The number of carbonyl (C=O) groups is 1. The van der Waals surface area contributed by atoms with Crippen LogP contribution in [0, 0.1) is 0 Å². The number of aromatic nitrogens is 2. The van der Waals surface area contributed by atoms with Gasteiger partial charge in [0.25, 0.3) is 5.56 Å². The highest BCUT2D eigenvalue weighted by Crippen LogP contribution is 2.33. The number of thiophene rings is 1. The van der Waals surface area contributed by atoms with Gasteiger partial charge in [0.05, 0.1) is 11.6 Å². The molecule has 0 spiro atoms. The molecule has 26 heavy (non-hydrogen) atoms. The van der Waals surface area contributed by atoms with Gasteiger partial charge in [-0.25, -0.2) is 4.98 Å². The highest BCUT2D eigenvalue weighted by Gasteiger charge is 2.24. The van der Waals surface area contributed by atoms with E-state index in [9.17, 15) is 9.59 Å². The quantitative estimate of drug-likeness (QED) is 0.600. The van der Waals surface area contributed by atoms with Crippen molar-refractivity contribution < 1.29 is 9.21 Å². The van der Waals surface area contributed by atoms with Gasteiger partial charge >= 0.3 is 0 Å². The monoisotopic (exact) mass is 365 g/mol. The number of benzene rings is 1. The number of carbonyl (C=O) groups excluding carboxylic acids is 1. The van der Waals surface area contributed by atoms with Crippen LogP contribution >= 0.6 is 11.3 Å². The van der Waals surface area contributed by atoms with Crippen LogP contribution in [0.5, 0.6) is 0 Å². The van der Waals surface area contributed by atoms with Crippen LogP contribution in [-0.4, -0.2) is 15.5 Å². The maximum absolute atomic E-state index is 13.3. The first-order chi connectivity index (χ1) is 12.6. The van der Waals surface area contributed by atoms with Gasteiger partial charge in [0.2, 0.25) is 5.91 Å². The lowest BCUT2D eigenvalue weighted by atomic mass is 10.1. The van der Waals surface area contributed by atoms with Crippen molar-refractivity contribution in [3.8, 4) is 22.7 Å². The zero-order chi connectivity index (χ0) is 18.3. The van der Waals surface area contributed by atoms with Gasteiger partial charge < -0.3 is 10.2 Å². The highest BCUT2D eigenvalue weighted by atomic mass is 32.1. The Morgan fingerprint density at radius 1 is 1.23 bits per heavy atom. The van der Waals surface area contributed by atoms with Gasteiger partial charge in [-0.3, -0.25) is 14.2 Å². The van der Waals surface area contributed by atoms with Crippen LogP contribution in [0.4, 0.5) is 0 Å². The average molecular weight is 365 g/mol. The van der Waals surface area contributed by atoms with E-state index < -0.39 is 11.9 Å². The molecular weight excluding hydrogens is 350 g/mol. The lowest BCUT2D eigenvalue weighted by molar-refractivity contribution is -0.120. The SMILES string of the molecule is CC(C(N)=O)n1c(-c2ccccc2)nc2scc(-c3ccco3)c2c1=O. The zero-order valence-electron chi connectivity index (χ0n) is 13.9. The molecule has 0 aliphatic heterocycles. The van der Waals surface area contributed by atoms with Crippen LogP contribution in [-0.2, 0) is 4.79 Å². The first-order valence-electron chi connectivity index (χ1n) is 8.00. The van der Waals surface area contributed by atoms with E-state index >= 15 is 0 Å². The van der Waals surface area contributed by atoms with Crippen LogP contribution in [0.25, 0.3) is 32.9 Å². The van der Waals surface area contributed by atoms with E-state index in [0.29, 0.717) is 27.4 Å². The first kappa shape index (κ1) is 16.3. The number of hydrogen-bond acceptors (Lipinski definition) is 5. The predicted octanol–water partition coefficient (Wildman–Crippen LogP) is 3.43. The normalized spacial score (nSPS) is 12.3. The van der Waals surface area contributed by atoms with Gasteiger partial charge in [0.15, 0.2) is 0 Å². The third-order valence-corrected chi connectivity index (χ3v) is 5.13. The average Bonchev–Trinajstić information content (AvgIpc) is 3.31. The Morgan fingerprint density at radius 3 is 2.65 bits per heavy atom. The summed E-state index contributed by atoms with van der Waals surface area (Å²) < 4.78 is 6.80. The van der Waals surface area contributed by atoms with E-state index in [0.717, 1.165) is 5.56 Å². The molecule has 0 radical (unpaired) electrons. The number of primary amides is 1. The number of hydrogen-bond donors (Lipinski definition) is 1. The summed E-state index contributed by atoms with van der Waals surface area (Å²) in [5.41, 5.74) is 6.59. The van der Waals surface area contributed by atoms with Crippen molar-refractivity contribution in [1.82, 2.24) is 9.55 Å². The molecule has 1 atom stereocenters. The second kappa shape index (κ2) is 6.27. The molecule has 0 bridgehead atoms. The number of fused-ring (bicyclic) bond motifs is 1. The summed E-state index contributed by atoms with van der Waals surface area (Å²) in [5, 5.41) is 2.27. The summed E-state index contributed by atoms with van der Waals surface area (Å²) in [5.74, 6) is 0.406. The minimum atomic E-state index is -0.834. The summed E-state index contributed by atoms with van der Waals surface area (Å²) in [7, 11) is 0. The third kappa shape index (κ3) is 2.53. The fourth-order valence-electron chi connectivity index (χ4n) is 2.89. The highest BCUT2D eigenvalue weighted by molar-refractivity contribution is 7.17. The van der Waals surface area contributed by atoms with E-state index in [2.05, 4.69) is 4.98 Å². The Balaban J connectivity index is 2.08. The van der Waals surface area contributed by atoms with Crippen LogP contribution in [0.2, 0.25) is 0 Å². The van der Waals surface area contributed by atoms with Gasteiger partial charge in [-0.2, -0.15) is 0 Å². The van der Waals surface area contributed by atoms with Crippen molar-refractivity contribution in [2.45, 2.75) is 13.0 Å².